The Morgan fingerprint density at radius 2 is 1.78 bits per heavy atom. The van der Waals surface area contributed by atoms with Crippen LogP contribution in [0.3, 0.4) is 0 Å². The largest absolute Gasteiger partial charge is 0.444 e. The van der Waals surface area contributed by atoms with E-state index in [9.17, 15) is 4.79 Å². The van der Waals surface area contributed by atoms with Crippen LogP contribution in [0, 0.1) is 6.92 Å². The third kappa shape index (κ3) is 7.17. The second-order valence-electron chi connectivity index (χ2n) is 4.64. The van der Waals surface area contributed by atoms with E-state index in [0.29, 0.717) is 10.7 Å². The molecule has 0 fully saturated rings. The van der Waals surface area contributed by atoms with Crippen molar-refractivity contribution in [3.63, 3.8) is 0 Å². The maximum atomic E-state index is 11.5. The monoisotopic (exact) mass is 271 g/mol. The van der Waals surface area contributed by atoms with Crippen molar-refractivity contribution in [3.8, 4) is 0 Å². The molecule has 0 bridgehead atoms. The number of halogens is 1. The summed E-state index contributed by atoms with van der Waals surface area (Å²) in [6, 6.07) is 5.33. The first-order valence-electron chi connectivity index (χ1n) is 6.03. The molecule has 1 N–H and O–H groups in total. The summed E-state index contributed by atoms with van der Waals surface area (Å²) in [7, 11) is 0. The van der Waals surface area contributed by atoms with Crippen molar-refractivity contribution in [2.24, 2.45) is 0 Å². The van der Waals surface area contributed by atoms with Crippen LogP contribution in [0.2, 0.25) is 5.02 Å². The minimum Gasteiger partial charge on any atom is -0.444 e. The van der Waals surface area contributed by atoms with Crippen LogP contribution in [0.15, 0.2) is 18.2 Å². The van der Waals surface area contributed by atoms with Gasteiger partial charge in [0.2, 0.25) is 0 Å². The Balaban J connectivity index is 0.00000137. The molecule has 0 aliphatic heterocycles. The first-order chi connectivity index (χ1) is 8.26. The number of benzene rings is 1. The van der Waals surface area contributed by atoms with Gasteiger partial charge in [0.25, 0.3) is 0 Å². The standard InChI is InChI=1S/C12H16ClNO2.C2H6/c1-8-5-9(13)7-10(6-8)14-11(15)16-12(2,3)4;1-2/h5-7H,1-4H3,(H,14,15);1-2H3. The van der Waals surface area contributed by atoms with E-state index in [1.54, 1.807) is 6.07 Å². The normalized spacial score (nSPS) is 10.2. The van der Waals surface area contributed by atoms with Gasteiger partial charge < -0.3 is 4.74 Å². The third-order valence-corrected chi connectivity index (χ3v) is 1.91. The second-order valence-corrected chi connectivity index (χ2v) is 5.08. The van der Waals surface area contributed by atoms with Gasteiger partial charge in [-0.1, -0.05) is 25.4 Å². The Bertz CT molecular complexity index is 377. The zero-order chi connectivity index (χ0) is 14.3. The maximum Gasteiger partial charge on any atom is 0.412 e. The predicted octanol–water partition coefficient (Wildman–Crippen LogP) is 5.02. The molecule has 0 heterocycles. The molecule has 0 atom stereocenters. The zero-order valence-corrected chi connectivity index (χ0v) is 12.7. The summed E-state index contributed by atoms with van der Waals surface area (Å²) in [6.07, 6.45) is -0.478. The van der Waals surface area contributed by atoms with Crippen molar-refractivity contribution in [1.82, 2.24) is 0 Å². The maximum absolute atomic E-state index is 11.5. The predicted molar refractivity (Wildman–Crippen MR) is 77.4 cm³/mol. The van der Waals surface area contributed by atoms with E-state index in [0.717, 1.165) is 5.56 Å². The van der Waals surface area contributed by atoms with Crippen LogP contribution in [0.25, 0.3) is 0 Å². The Labute approximate surface area is 114 Å². The van der Waals surface area contributed by atoms with Crippen LogP contribution in [0.1, 0.15) is 40.2 Å². The average Bonchev–Trinajstić information content (AvgIpc) is 2.15. The molecule has 1 aromatic carbocycles. The van der Waals surface area contributed by atoms with Gasteiger partial charge in [-0.15, -0.1) is 0 Å². The average molecular weight is 272 g/mol. The summed E-state index contributed by atoms with van der Waals surface area (Å²) in [6.45, 7) is 11.4. The minimum atomic E-state index is -0.502. The highest BCUT2D eigenvalue weighted by Crippen LogP contribution is 2.19. The van der Waals surface area contributed by atoms with Crippen molar-refractivity contribution < 1.29 is 9.53 Å². The number of rotatable bonds is 1. The summed E-state index contributed by atoms with van der Waals surface area (Å²) in [4.78, 5) is 11.5. The number of amides is 1. The highest BCUT2D eigenvalue weighted by Gasteiger charge is 2.16. The van der Waals surface area contributed by atoms with Crippen molar-refractivity contribution in [1.29, 1.82) is 0 Å². The lowest BCUT2D eigenvalue weighted by Crippen LogP contribution is -2.27. The van der Waals surface area contributed by atoms with Gasteiger partial charge in [-0.05, 0) is 51.5 Å². The van der Waals surface area contributed by atoms with Gasteiger partial charge in [0.1, 0.15) is 5.60 Å². The Morgan fingerprint density at radius 1 is 1.22 bits per heavy atom. The van der Waals surface area contributed by atoms with Crippen molar-refractivity contribution in [2.45, 2.75) is 47.1 Å². The van der Waals surface area contributed by atoms with Gasteiger partial charge in [-0.3, -0.25) is 5.32 Å². The highest BCUT2D eigenvalue weighted by molar-refractivity contribution is 6.31. The lowest BCUT2D eigenvalue weighted by atomic mass is 10.2. The quantitative estimate of drug-likeness (QED) is 0.779. The Kier molecular flexibility index (Phi) is 6.77. The van der Waals surface area contributed by atoms with E-state index in [2.05, 4.69) is 5.32 Å². The van der Waals surface area contributed by atoms with E-state index in [1.165, 1.54) is 0 Å². The van der Waals surface area contributed by atoms with Gasteiger partial charge in [0.05, 0.1) is 0 Å². The molecule has 1 rings (SSSR count). The SMILES string of the molecule is CC.Cc1cc(Cl)cc(NC(=O)OC(C)(C)C)c1. The molecule has 3 nitrogen and oxygen atoms in total. The number of hydrogen-bond acceptors (Lipinski definition) is 2. The molecule has 1 amide bonds. The van der Waals surface area contributed by atoms with Crippen molar-refractivity contribution >= 4 is 23.4 Å². The molecular weight excluding hydrogens is 250 g/mol. The van der Waals surface area contributed by atoms with Crippen LogP contribution in [-0.4, -0.2) is 11.7 Å². The van der Waals surface area contributed by atoms with Gasteiger partial charge in [0.15, 0.2) is 0 Å². The van der Waals surface area contributed by atoms with Crippen LogP contribution < -0.4 is 5.32 Å². The fraction of sp³-hybridized carbons (Fsp3) is 0.500. The van der Waals surface area contributed by atoms with E-state index >= 15 is 0 Å². The molecule has 18 heavy (non-hydrogen) atoms. The molecular formula is C14H22ClNO2. The molecule has 0 aliphatic rings. The summed E-state index contributed by atoms with van der Waals surface area (Å²) in [5.74, 6) is 0. The molecule has 0 radical (unpaired) electrons. The molecule has 4 heteroatoms. The molecule has 0 saturated heterocycles. The molecule has 0 spiro atoms. The van der Waals surface area contributed by atoms with Crippen LogP contribution >= 0.6 is 11.6 Å². The summed E-state index contributed by atoms with van der Waals surface area (Å²) >= 11 is 5.87. The topological polar surface area (TPSA) is 38.3 Å². The smallest absolute Gasteiger partial charge is 0.412 e. The number of carbonyl (C=O) groups is 1. The van der Waals surface area contributed by atoms with Crippen LogP contribution in [0.4, 0.5) is 10.5 Å². The molecule has 0 aromatic heterocycles. The lowest BCUT2D eigenvalue weighted by molar-refractivity contribution is 0.0636. The lowest BCUT2D eigenvalue weighted by Gasteiger charge is -2.19. The second kappa shape index (κ2) is 7.27. The number of nitrogens with one attached hydrogen (secondary N) is 1. The molecule has 0 saturated carbocycles. The first kappa shape index (κ1) is 16.8. The number of aryl methyl sites for hydroxylation is 1. The minimum absolute atomic E-state index is 0.478. The highest BCUT2D eigenvalue weighted by atomic mass is 35.5. The number of carbonyl (C=O) groups excluding carboxylic acids is 1. The van der Waals surface area contributed by atoms with Crippen LogP contribution in [-0.2, 0) is 4.74 Å². The molecule has 0 aliphatic carbocycles. The number of ether oxygens (including phenoxy) is 1. The van der Waals surface area contributed by atoms with Gasteiger partial charge in [-0.25, -0.2) is 4.79 Å². The van der Waals surface area contributed by atoms with Gasteiger partial charge >= 0.3 is 6.09 Å². The summed E-state index contributed by atoms with van der Waals surface area (Å²) in [5, 5.41) is 3.22. The molecule has 102 valence electrons. The van der Waals surface area contributed by atoms with Crippen LogP contribution in [0.5, 0.6) is 0 Å². The third-order valence-electron chi connectivity index (χ3n) is 1.69. The summed E-state index contributed by atoms with van der Waals surface area (Å²) in [5.41, 5.74) is 1.12. The van der Waals surface area contributed by atoms with Gasteiger partial charge in [-0.2, -0.15) is 0 Å². The van der Waals surface area contributed by atoms with E-state index in [1.807, 2.05) is 53.7 Å². The first-order valence-corrected chi connectivity index (χ1v) is 6.41. The Morgan fingerprint density at radius 3 is 2.22 bits per heavy atom. The fourth-order valence-electron chi connectivity index (χ4n) is 1.23. The molecule has 1 aromatic rings. The van der Waals surface area contributed by atoms with E-state index in [4.69, 9.17) is 16.3 Å². The Hall–Kier alpha value is -1.22. The van der Waals surface area contributed by atoms with Gasteiger partial charge in [0, 0.05) is 10.7 Å². The number of hydrogen-bond donors (Lipinski definition) is 1. The zero-order valence-electron chi connectivity index (χ0n) is 11.9. The number of anilines is 1. The fourth-order valence-corrected chi connectivity index (χ4v) is 1.52. The van der Waals surface area contributed by atoms with E-state index in [-0.39, 0.29) is 0 Å². The van der Waals surface area contributed by atoms with Crippen molar-refractivity contribution in [3.05, 3.63) is 28.8 Å². The molecule has 0 unspecified atom stereocenters. The summed E-state index contributed by atoms with van der Waals surface area (Å²) < 4.78 is 5.13. The van der Waals surface area contributed by atoms with Crippen molar-refractivity contribution in [2.75, 3.05) is 5.32 Å². The van der Waals surface area contributed by atoms with E-state index < -0.39 is 11.7 Å².